The third kappa shape index (κ3) is 6.19. The number of benzene rings is 3. The summed E-state index contributed by atoms with van der Waals surface area (Å²) in [6.45, 7) is 3.76. The van der Waals surface area contributed by atoms with E-state index in [2.05, 4.69) is 58.9 Å². The number of hydrogen-bond donors (Lipinski definition) is 2. The number of carbonyl (C=O) groups excluding carboxylic acids is 1. The van der Waals surface area contributed by atoms with Gasteiger partial charge in [0.15, 0.2) is 23.1 Å². The van der Waals surface area contributed by atoms with Crippen LogP contribution in [0.4, 0.5) is 15.0 Å². The lowest BCUT2D eigenvalue weighted by molar-refractivity contribution is 0.198. The van der Waals surface area contributed by atoms with Crippen LogP contribution in [-0.4, -0.2) is 60.8 Å². The Labute approximate surface area is 297 Å². The molecule has 3 atom stereocenters. The van der Waals surface area contributed by atoms with E-state index >= 15 is 4.39 Å². The van der Waals surface area contributed by atoms with Crippen molar-refractivity contribution < 1.29 is 9.18 Å². The third-order valence-electron chi connectivity index (χ3n) is 10.3. The summed E-state index contributed by atoms with van der Waals surface area (Å²) in [6.07, 6.45) is 7.35. The number of fused-ring (bicyclic) bond motifs is 1. The van der Waals surface area contributed by atoms with Gasteiger partial charge in [-0.05, 0) is 66.8 Å². The van der Waals surface area contributed by atoms with Crippen LogP contribution in [0.2, 0.25) is 0 Å². The van der Waals surface area contributed by atoms with E-state index in [1.54, 1.807) is 6.20 Å². The number of carbonyl (C=O) groups is 1. The molecule has 0 radical (unpaired) electrons. The summed E-state index contributed by atoms with van der Waals surface area (Å²) in [6, 6.07) is 34.6. The second-order valence-corrected chi connectivity index (χ2v) is 13.8. The molecule has 3 aromatic carbocycles. The number of likely N-dealkylation sites (tertiary alicyclic amines) is 1. The molecule has 2 aliphatic rings. The normalized spacial score (nSPS) is 19.3. The number of nitrogens with one attached hydrogen (secondary N) is 2. The topological polar surface area (TPSA) is 101 Å². The second-order valence-electron chi connectivity index (χ2n) is 13.8. The summed E-state index contributed by atoms with van der Waals surface area (Å²) < 4.78 is 17.4. The first-order chi connectivity index (χ1) is 25.0. The average molecular weight is 681 g/mol. The summed E-state index contributed by atoms with van der Waals surface area (Å²) in [7, 11) is 0. The maximum atomic E-state index is 15.5. The maximum Gasteiger partial charge on any atom is 0.317 e. The molecule has 6 aromatic rings. The molecule has 2 fully saturated rings. The smallest absolute Gasteiger partial charge is 0.317 e. The molecule has 2 N–H and O–H groups in total. The fourth-order valence-electron chi connectivity index (χ4n) is 7.87. The highest BCUT2D eigenvalue weighted by atomic mass is 19.1. The Bertz CT molecular complexity index is 2030. The van der Waals surface area contributed by atoms with Crippen LogP contribution < -0.4 is 10.6 Å². The van der Waals surface area contributed by atoms with Crippen molar-refractivity contribution in [1.29, 1.82) is 0 Å². The van der Waals surface area contributed by atoms with Gasteiger partial charge in [0, 0.05) is 31.4 Å². The molecule has 51 heavy (non-hydrogen) atoms. The monoisotopic (exact) mass is 680 g/mol. The minimum absolute atomic E-state index is 0.00541. The van der Waals surface area contributed by atoms with Gasteiger partial charge in [0.1, 0.15) is 11.2 Å². The van der Waals surface area contributed by atoms with E-state index in [-0.39, 0.29) is 23.9 Å². The summed E-state index contributed by atoms with van der Waals surface area (Å²) in [5.41, 5.74) is 3.25. The Morgan fingerprint density at radius 3 is 2.10 bits per heavy atom. The van der Waals surface area contributed by atoms with Gasteiger partial charge in [-0.1, -0.05) is 97.9 Å². The highest BCUT2D eigenvalue weighted by molar-refractivity contribution is 5.90. The number of pyridine rings is 1. The standard InChI is InChI=1S/C41H41FN8O/c1-28-22-24-49(27-28)40(51)46-33-20-11-19-32(25-33)45-37-35(42)26-44-38(47-37)36-34-21-12-23-43-39(34)50(48-36)41(29-13-5-2-6-14-29,30-15-7-3-8-16-30)31-17-9-4-10-18-31/h2-10,12-18,21,23,26,28,32-33H,11,19-20,22,24-25,27H2,1H3,(H,46,51)(H,44,45,47)/t28-,32-,33+/m0/s1. The number of aromatic nitrogens is 5. The zero-order valence-electron chi connectivity index (χ0n) is 28.6. The lowest BCUT2D eigenvalue weighted by Gasteiger charge is -2.36. The lowest BCUT2D eigenvalue weighted by Crippen LogP contribution is -2.47. The van der Waals surface area contributed by atoms with Crippen LogP contribution in [0, 0.1) is 11.7 Å². The van der Waals surface area contributed by atoms with Gasteiger partial charge in [0.2, 0.25) is 0 Å². The molecule has 0 unspecified atom stereocenters. The molecular formula is C41H41FN8O. The molecular weight excluding hydrogens is 640 g/mol. The number of hydrogen-bond acceptors (Lipinski definition) is 6. The third-order valence-corrected chi connectivity index (χ3v) is 10.3. The van der Waals surface area contributed by atoms with Gasteiger partial charge in [-0.25, -0.2) is 28.8 Å². The zero-order chi connectivity index (χ0) is 34.8. The summed E-state index contributed by atoms with van der Waals surface area (Å²) in [5.74, 6) is 0.405. The molecule has 1 aliphatic heterocycles. The number of anilines is 1. The number of urea groups is 1. The fraction of sp³-hybridized carbons (Fsp3) is 0.293. The molecule has 1 saturated carbocycles. The molecule has 4 heterocycles. The first kappa shape index (κ1) is 32.6. The first-order valence-corrected chi connectivity index (χ1v) is 17.9. The number of halogens is 1. The molecule has 0 spiro atoms. The molecule has 0 bridgehead atoms. The van der Waals surface area contributed by atoms with Gasteiger partial charge in [-0.15, -0.1) is 0 Å². The average Bonchev–Trinajstić information content (AvgIpc) is 3.79. The van der Waals surface area contributed by atoms with Crippen molar-refractivity contribution in [2.45, 2.75) is 56.7 Å². The number of amides is 2. The molecule has 9 nitrogen and oxygen atoms in total. The largest absolute Gasteiger partial charge is 0.365 e. The predicted octanol–water partition coefficient (Wildman–Crippen LogP) is 7.64. The Morgan fingerprint density at radius 2 is 1.47 bits per heavy atom. The predicted molar refractivity (Wildman–Crippen MR) is 197 cm³/mol. The summed E-state index contributed by atoms with van der Waals surface area (Å²) in [5, 5.41) is 12.6. The van der Waals surface area contributed by atoms with Crippen LogP contribution in [-0.2, 0) is 5.54 Å². The fourth-order valence-corrected chi connectivity index (χ4v) is 7.87. The second kappa shape index (κ2) is 13.9. The van der Waals surface area contributed by atoms with Gasteiger partial charge < -0.3 is 15.5 Å². The summed E-state index contributed by atoms with van der Waals surface area (Å²) in [4.78, 5) is 29.0. The molecule has 3 aromatic heterocycles. The van der Waals surface area contributed by atoms with Crippen LogP contribution >= 0.6 is 0 Å². The van der Waals surface area contributed by atoms with Gasteiger partial charge >= 0.3 is 6.03 Å². The zero-order valence-corrected chi connectivity index (χ0v) is 28.6. The van der Waals surface area contributed by atoms with Gasteiger partial charge in [0.25, 0.3) is 0 Å². The van der Waals surface area contributed by atoms with Crippen molar-refractivity contribution >= 4 is 22.9 Å². The quantitative estimate of drug-likeness (QED) is 0.160. The Hall–Kier alpha value is -5.64. The highest BCUT2D eigenvalue weighted by Gasteiger charge is 2.41. The Balaban J connectivity index is 1.18. The van der Waals surface area contributed by atoms with Crippen LogP contribution in [0.5, 0.6) is 0 Å². The van der Waals surface area contributed by atoms with Crippen molar-refractivity contribution in [1.82, 2.24) is 34.9 Å². The van der Waals surface area contributed by atoms with Crippen molar-refractivity contribution in [2.24, 2.45) is 5.92 Å². The van der Waals surface area contributed by atoms with E-state index in [1.165, 1.54) is 6.20 Å². The highest BCUT2D eigenvalue weighted by Crippen LogP contribution is 2.43. The van der Waals surface area contributed by atoms with Crippen molar-refractivity contribution in [3.05, 3.63) is 138 Å². The molecule has 258 valence electrons. The van der Waals surface area contributed by atoms with E-state index in [1.807, 2.05) is 76.3 Å². The Morgan fingerprint density at radius 1 is 0.824 bits per heavy atom. The van der Waals surface area contributed by atoms with Crippen molar-refractivity contribution in [2.75, 3.05) is 18.4 Å². The molecule has 8 rings (SSSR count). The van der Waals surface area contributed by atoms with Crippen molar-refractivity contribution in [3.8, 4) is 11.5 Å². The lowest BCUT2D eigenvalue weighted by atomic mass is 9.77. The Kier molecular flexibility index (Phi) is 8.90. The van der Waals surface area contributed by atoms with Crippen LogP contribution in [0.1, 0.15) is 55.7 Å². The summed E-state index contributed by atoms with van der Waals surface area (Å²) >= 11 is 0. The molecule has 1 aliphatic carbocycles. The SMILES string of the molecule is C[C@H]1CCN(C(=O)N[C@@H]2CCC[C@H](Nc3nc(-c4nn(C(c5ccccc5)(c5ccccc5)c5ccccc5)c5ncccc45)ncc3F)C2)C1. The van der Waals surface area contributed by atoms with Crippen molar-refractivity contribution in [3.63, 3.8) is 0 Å². The van der Waals surface area contributed by atoms with E-state index < -0.39 is 11.4 Å². The van der Waals surface area contributed by atoms with Gasteiger partial charge in [0.05, 0.1) is 11.6 Å². The minimum Gasteiger partial charge on any atom is -0.365 e. The van der Waals surface area contributed by atoms with E-state index in [9.17, 15) is 4.79 Å². The molecule has 10 heteroatoms. The maximum absolute atomic E-state index is 15.5. The van der Waals surface area contributed by atoms with E-state index in [0.717, 1.165) is 60.8 Å². The number of nitrogens with zero attached hydrogens (tertiary/aromatic N) is 6. The van der Waals surface area contributed by atoms with Crippen LogP contribution in [0.3, 0.4) is 0 Å². The minimum atomic E-state index is -0.912. The van der Waals surface area contributed by atoms with E-state index in [0.29, 0.717) is 29.5 Å². The van der Waals surface area contributed by atoms with Gasteiger partial charge in [-0.2, -0.15) is 5.10 Å². The van der Waals surface area contributed by atoms with E-state index in [4.69, 9.17) is 15.1 Å². The van der Waals surface area contributed by atoms with Crippen LogP contribution in [0.25, 0.3) is 22.6 Å². The van der Waals surface area contributed by atoms with Gasteiger partial charge in [-0.3, -0.25) is 0 Å². The van der Waals surface area contributed by atoms with Crippen LogP contribution in [0.15, 0.2) is 116 Å². The number of rotatable bonds is 8. The molecule has 1 saturated heterocycles. The molecule has 2 amide bonds. The first-order valence-electron chi connectivity index (χ1n) is 17.9.